The molecule has 1 aromatic rings. The molecule has 1 saturated heterocycles. The van der Waals surface area contributed by atoms with Crippen molar-refractivity contribution in [3.05, 3.63) is 34.9 Å². The van der Waals surface area contributed by atoms with Gasteiger partial charge in [0.05, 0.1) is 6.04 Å². The van der Waals surface area contributed by atoms with E-state index in [0.29, 0.717) is 0 Å². The maximum absolute atomic E-state index is 11.9. The smallest absolute Gasteiger partial charge is 0.407 e. The molecule has 1 aliphatic rings. The quantitative estimate of drug-likeness (QED) is 0.882. The zero-order chi connectivity index (χ0) is 14.8. The molecule has 1 aromatic carbocycles. The zero-order valence-electron chi connectivity index (χ0n) is 12.1. The number of nitrogens with one attached hydrogen (secondary N) is 2. The number of carbonyl (C=O) groups excluding carboxylic acids is 1. The molecule has 0 radical (unpaired) electrons. The summed E-state index contributed by atoms with van der Waals surface area (Å²) in [5.74, 6) is 0.236. The fourth-order valence-electron chi connectivity index (χ4n) is 2.35. The summed E-state index contributed by atoms with van der Waals surface area (Å²) in [6.07, 6.45) is -0.370. The average Bonchev–Trinajstić information content (AvgIpc) is 2.75. The molecular weight excluding hydrogens is 276 g/mol. The Balaban J connectivity index is 2.00. The molecule has 2 rings (SSSR count). The highest BCUT2D eigenvalue weighted by molar-refractivity contribution is 6.30. The Morgan fingerprint density at radius 1 is 1.30 bits per heavy atom. The first kappa shape index (κ1) is 15.1. The van der Waals surface area contributed by atoms with Gasteiger partial charge in [-0.15, -0.1) is 0 Å². The van der Waals surface area contributed by atoms with E-state index in [1.807, 2.05) is 45.0 Å². The van der Waals surface area contributed by atoms with Crippen LogP contribution in [0.5, 0.6) is 0 Å². The summed E-state index contributed by atoms with van der Waals surface area (Å²) in [6.45, 7) is 7.15. The van der Waals surface area contributed by atoms with Gasteiger partial charge in [-0.2, -0.15) is 0 Å². The number of hydrogen-bond acceptors (Lipinski definition) is 3. The van der Waals surface area contributed by atoms with Crippen LogP contribution in [0.3, 0.4) is 0 Å². The van der Waals surface area contributed by atoms with Crippen molar-refractivity contribution in [3.8, 4) is 0 Å². The fourth-order valence-corrected chi connectivity index (χ4v) is 2.48. The summed E-state index contributed by atoms with van der Waals surface area (Å²) in [5, 5.41) is 6.96. The molecule has 0 aliphatic carbocycles. The van der Waals surface area contributed by atoms with Gasteiger partial charge in [0.1, 0.15) is 5.60 Å². The highest BCUT2D eigenvalue weighted by Crippen LogP contribution is 2.24. The van der Waals surface area contributed by atoms with Gasteiger partial charge in [-0.25, -0.2) is 4.79 Å². The van der Waals surface area contributed by atoms with E-state index in [2.05, 4.69) is 10.6 Å². The van der Waals surface area contributed by atoms with Gasteiger partial charge < -0.3 is 15.4 Å². The standard InChI is InChI=1S/C15H21ClN2O2/c1-15(2,3)20-14(19)18-13-9-17-8-12(13)10-4-6-11(16)7-5-10/h4-7,12-13,17H,8-9H2,1-3H3,(H,18,19)/t12-,13-/m0/s1. The van der Waals surface area contributed by atoms with Crippen molar-refractivity contribution in [2.24, 2.45) is 0 Å². The van der Waals surface area contributed by atoms with E-state index in [1.54, 1.807) is 0 Å². The highest BCUT2D eigenvalue weighted by atomic mass is 35.5. The summed E-state index contributed by atoms with van der Waals surface area (Å²) < 4.78 is 5.30. The van der Waals surface area contributed by atoms with E-state index in [-0.39, 0.29) is 18.1 Å². The van der Waals surface area contributed by atoms with Crippen LogP contribution >= 0.6 is 11.6 Å². The lowest BCUT2D eigenvalue weighted by Crippen LogP contribution is -2.42. The van der Waals surface area contributed by atoms with Gasteiger partial charge in [0.25, 0.3) is 0 Å². The summed E-state index contributed by atoms with van der Waals surface area (Å²) in [4.78, 5) is 11.9. The monoisotopic (exact) mass is 296 g/mol. The summed E-state index contributed by atoms with van der Waals surface area (Å²) in [7, 11) is 0. The molecule has 0 spiro atoms. The average molecular weight is 297 g/mol. The number of ether oxygens (including phenoxy) is 1. The molecule has 1 amide bonds. The fraction of sp³-hybridized carbons (Fsp3) is 0.533. The molecule has 0 unspecified atom stereocenters. The van der Waals surface area contributed by atoms with Crippen LogP contribution in [0.15, 0.2) is 24.3 Å². The molecule has 4 nitrogen and oxygen atoms in total. The second-order valence-corrected chi connectivity index (χ2v) is 6.51. The number of hydrogen-bond donors (Lipinski definition) is 2. The maximum Gasteiger partial charge on any atom is 0.407 e. The first-order chi connectivity index (χ1) is 9.35. The van der Waals surface area contributed by atoms with Crippen molar-refractivity contribution >= 4 is 17.7 Å². The Hall–Kier alpha value is -1.26. The predicted octanol–water partition coefficient (Wildman–Crippen LogP) is 2.92. The SMILES string of the molecule is CC(C)(C)OC(=O)N[C@H]1CNC[C@H]1c1ccc(Cl)cc1. The maximum atomic E-state index is 11.9. The van der Waals surface area contributed by atoms with E-state index in [0.717, 1.165) is 18.1 Å². The third-order valence-corrected chi connectivity index (χ3v) is 3.47. The van der Waals surface area contributed by atoms with E-state index < -0.39 is 5.60 Å². The van der Waals surface area contributed by atoms with Crippen molar-refractivity contribution in [1.82, 2.24) is 10.6 Å². The summed E-state index contributed by atoms with van der Waals surface area (Å²) in [6, 6.07) is 7.79. The molecule has 2 N–H and O–H groups in total. The van der Waals surface area contributed by atoms with Crippen LogP contribution in [0.1, 0.15) is 32.3 Å². The molecule has 0 bridgehead atoms. The van der Waals surface area contributed by atoms with Crippen LogP contribution < -0.4 is 10.6 Å². The topological polar surface area (TPSA) is 50.4 Å². The normalized spacial score (nSPS) is 22.6. The van der Waals surface area contributed by atoms with Crippen LogP contribution in [0.2, 0.25) is 5.02 Å². The molecule has 110 valence electrons. The number of amides is 1. The first-order valence-electron chi connectivity index (χ1n) is 6.81. The first-order valence-corrected chi connectivity index (χ1v) is 7.18. The molecular formula is C15H21ClN2O2. The van der Waals surface area contributed by atoms with Gasteiger partial charge in [-0.05, 0) is 38.5 Å². The number of rotatable bonds is 2. The number of benzene rings is 1. The number of alkyl carbamates (subject to hydrolysis) is 1. The largest absolute Gasteiger partial charge is 0.444 e. The van der Waals surface area contributed by atoms with Gasteiger partial charge in [0.15, 0.2) is 0 Å². The highest BCUT2D eigenvalue weighted by Gasteiger charge is 2.31. The molecule has 20 heavy (non-hydrogen) atoms. The second kappa shape index (κ2) is 6.02. The van der Waals surface area contributed by atoms with Crippen LogP contribution in [0.25, 0.3) is 0 Å². The van der Waals surface area contributed by atoms with Gasteiger partial charge in [0.2, 0.25) is 0 Å². The Morgan fingerprint density at radius 3 is 2.55 bits per heavy atom. The summed E-state index contributed by atoms with van der Waals surface area (Å²) >= 11 is 5.91. The van der Waals surface area contributed by atoms with Crippen molar-refractivity contribution in [2.75, 3.05) is 13.1 Å². The van der Waals surface area contributed by atoms with Crippen molar-refractivity contribution < 1.29 is 9.53 Å². The molecule has 1 aliphatic heterocycles. The minimum Gasteiger partial charge on any atom is -0.444 e. The molecule has 1 heterocycles. The summed E-state index contributed by atoms with van der Waals surface area (Å²) in [5.41, 5.74) is 0.687. The van der Waals surface area contributed by atoms with Crippen molar-refractivity contribution in [2.45, 2.75) is 38.3 Å². The van der Waals surface area contributed by atoms with Crippen LogP contribution in [0.4, 0.5) is 4.79 Å². The predicted molar refractivity (Wildman–Crippen MR) is 80.2 cm³/mol. The lowest BCUT2D eigenvalue weighted by molar-refractivity contribution is 0.0504. The number of halogens is 1. The second-order valence-electron chi connectivity index (χ2n) is 6.07. The van der Waals surface area contributed by atoms with Gasteiger partial charge in [-0.1, -0.05) is 23.7 Å². The molecule has 1 fully saturated rings. The van der Waals surface area contributed by atoms with Crippen LogP contribution in [0, 0.1) is 0 Å². The van der Waals surface area contributed by atoms with Crippen molar-refractivity contribution in [3.63, 3.8) is 0 Å². The lowest BCUT2D eigenvalue weighted by Gasteiger charge is -2.24. The Bertz CT molecular complexity index is 468. The Morgan fingerprint density at radius 2 is 1.95 bits per heavy atom. The molecule has 0 saturated carbocycles. The third-order valence-electron chi connectivity index (χ3n) is 3.21. The van der Waals surface area contributed by atoms with Gasteiger partial charge in [-0.3, -0.25) is 0 Å². The van der Waals surface area contributed by atoms with E-state index in [1.165, 1.54) is 5.56 Å². The molecule has 0 aromatic heterocycles. The van der Waals surface area contributed by atoms with E-state index >= 15 is 0 Å². The van der Waals surface area contributed by atoms with E-state index in [4.69, 9.17) is 16.3 Å². The lowest BCUT2D eigenvalue weighted by atomic mass is 9.94. The molecule has 5 heteroatoms. The third kappa shape index (κ3) is 4.12. The van der Waals surface area contributed by atoms with Crippen LogP contribution in [-0.2, 0) is 4.74 Å². The molecule has 2 atom stereocenters. The van der Waals surface area contributed by atoms with Gasteiger partial charge >= 0.3 is 6.09 Å². The minimum atomic E-state index is -0.480. The number of carbonyl (C=O) groups is 1. The Kier molecular flexibility index (Phi) is 4.55. The Labute approximate surface area is 124 Å². The van der Waals surface area contributed by atoms with E-state index in [9.17, 15) is 4.79 Å². The van der Waals surface area contributed by atoms with Gasteiger partial charge in [0, 0.05) is 24.0 Å². The minimum absolute atomic E-state index is 0.0334. The zero-order valence-corrected chi connectivity index (χ0v) is 12.8. The van der Waals surface area contributed by atoms with Crippen LogP contribution in [-0.4, -0.2) is 30.8 Å². The van der Waals surface area contributed by atoms with Crippen molar-refractivity contribution in [1.29, 1.82) is 0 Å².